The van der Waals surface area contributed by atoms with Gasteiger partial charge in [-0.3, -0.25) is 4.79 Å². The molecule has 5 nitrogen and oxygen atoms in total. The molecule has 0 aliphatic carbocycles. The van der Waals surface area contributed by atoms with Crippen LogP contribution in [0.25, 0.3) is 0 Å². The molecule has 1 aromatic carbocycles. The Morgan fingerprint density at radius 2 is 2.14 bits per heavy atom. The number of ether oxygens (including phenoxy) is 2. The molecule has 1 aliphatic rings. The Hall–Kier alpha value is -1.59. The van der Waals surface area contributed by atoms with Crippen molar-refractivity contribution >= 4 is 11.6 Å². The Labute approximate surface area is 126 Å². The standard InChI is InChI=1S/C16H24N2O3/c1-12(2)17-10-16(19)18-13-5-7-14(8-6-13)21-11-15-4-3-9-20-15/h5-8,12,15,17H,3-4,9-11H2,1-2H3,(H,18,19). The Balaban J connectivity index is 1.74. The number of hydrogen-bond acceptors (Lipinski definition) is 4. The molecule has 1 amide bonds. The molecular weight excluding hydrogens is 268 g/mol. The highest BCUT2D eigenvalue weighted by atomic mass is 16.5. The fraction of sp³-hybridized carbons (Fsp3) is 0.562. The zero-order chi connectivity index (χ0) is 15.1. The van der Waals surface area contributed by atoms with Crippen LogP contribution in [0.1, 0.15) is 26.7 Å². The molecule has 1 unspecified atom stereocenters. The van der Waals surface area contributed by atoms with Gasteiger partial charge in [0.05, 0.1) is 12.6 Å². The van der Waals surface area contributed by atoms with Crippen LogP contribution >= 0.6 is 0 Å². The van der Waals surface area contributed by atoms with E-state index in [1.807, 2.05) is 38.1 Å². The summed E-state index contributed by atoms with van der Waals surface area (Å²) in [4.78, 5) is 11.7. The molecule has 0 saturated carbocycles. The SMILES string of the molecule is CC(C)NCC(=O)Nc1ccc(OCC2CCCO2)cc1. The van der Waals surface area contributed by atoms with E-state index in [1.54, 1.807) is 0 Å². The number of carbonyl (C=O) groups is 1. The van der Waals surface area contributed by atoms with Crippen molar-refractivity contribution in [1.82, 2.24) is 5.32 Å². The van der Waals surface area contributed by atoms with E-state index in [9.17, 15) is 4.79 Å². The van der Waals surface area contributed by atoms with Gasteiger partial charge in [-0.25, -0.2) is 0 Å². The summed E-state index contributed by atoms with van der Waals surface area (Å²) in [6.45, 7) is 5.75. The zero-order valence-corrected chi connectivity index (χ0v) is 12.7. The minimum absolute atomic E-state index is 0.0447. The van der Waals surface area contributed by atoms with E-state index in [2.05, 4.69) is 10.6 Å². The van der Waals surface area contributed by atoms with Crippen molar-refractivity contribution in [3.05, 3.63) is 24.3 Å². The molecule has 0 spiro atoms. The van der Waals surface area contributed by atoms with Gasteiger partial charge in [0.25, 0.3) is 0 Å². The van der Waals surface area contributed by atoms with Gasteiger partial charge in [-0.05, 0) is 37.1 Å². The number of benzene rings is 1. The van der Waals surface area contributed by atoms with Crippen molar-refractivity contribution in [2.24, 2.45) is 0 Å². The molecule has 2 N–H and O–H groups in total. The van der Waals surface area contributed by atoms with Gasteiger partial charge < -0.3 is 20.1 Å². The summed E-state index contributed by atoms with van der Waals surface area (Å²) in [5.74, 6) is 0.750. The van der Waals surface area contributed by atoms with E-state index in [-0.39, 0.29) is 12.0 Å². The zero-order valence-electron chi connectivity index (χ0n) is 12.7. The normalized spacial score (nSPS) is 18.0. The van der Waals surface area contributed by atoms with E-state index >= 15 is 0 Å². The first-order valence-electron chi connectivity index (χ1n) is 7.51. The third kappa shape index (κ3) is 5.73. The molecule has 0 bridgehead atoms. The molecule has 1 heterocycles. The van der Waals surface area contributed by atoms with Crippen LogP contribution < -0.4 is 15.4 Å². The van der Waals surface area contributed by atoms with Crippen LogP contribution in [0, 0.1) is 0 Å². The van der Waals surface area contributed by atoms with Gasteiger partial charge in [0, 0.05) is 18.3 Å². The first-order chi connectivity index (χ1) is 10.1. The van der Waals surface area contributed by atoms with Crippen LogP contribution in [-0.4, -0.2) is 37.8 Å². The quantitative estimate of drug-likeness (QED) is 0.808. The molecule has 2 rings (SSSR count). The van der Waals surface area contributed by atoms with Crippen molar-refractivity contribution in [3.8, 4) is 5.75 Å². The molecule has 1 saturated heterocycles. The smallest absolute Gasteiger partial charge is 0.238 e. The lowest BCUT2D eigenvalue weighted by molar-refractivity contribution is -0.115. The number of rotatable bonds is 7. The molecule has 0 radical (unpaired) electrons. The number of anilines is 1. The predicted octanol–water partition coefficient (Wildman–Crippen LogP) is 2.18. The van der Waals surface area contributed by atoms with E-state index in [1.165, 1.54) is 0 Å². The van der Waals surface area contributed by atoms with Crippen LogP contribution in [0.15, 0.2) is 24.3 Å². The first-order valence-corrected chi connectivity index (χ1v) is 7.51. The van der Waals surface area contributed by atoms with Crippen molar-refractivity contribution in [3.63, 3.8) is 0 Å². The predicted molar refractivity (Wildman–Crippen MR) is 82.7 cm³/mol. The van der Waals surface area contributed by atoms with Gasteiger partial charge in [0.15, 0.2) is 0 Å². The lowest BCUT2D eigenvalue weighted by Crippen LogP contribution is -2.32. The van der Waals surface area contributed by atoms with Crippen LogP contribution in [0.4, 0.5) is 5.69 Å². The van der Waals surface area contributed by atoms with Crippen molar-refractivity contribution in [2.75, 3.05) is 25.1 Å². The Kier molecular flexibility index (Phi) is 6.02. The lowest BCUT2D eigenvalue weighted by atomic mass is 10.2. The van der Waals surface area contributed by atoms with Crippen LogP contribution in [0.5, 0.6) is 5.75 Å². The molecule has 1 aliphatic heterocycles. The molecule has 5 heteroatoms. The molecule has 1 aromatic rings. The maximum atomic E-state index is 11.7. The molecular formula is C16H24N2O3. The molecule has 1 fully saturated rings. The molecule has 1 atom stereocenters. The molecule has 0 aromatic heterocycles. The highest BCUT2D eigenvalue weighted by Crippen LogP contribution is 2.18. The summed E-state index contributed by atoms with van der Waals surface area (Å²) in [6.07, 6.45) is 2.40. The van der Waals surface area contributed by atoms with E-state index in [4.69, 9.17) is 9.47 Å². The lowest BCUT2D eigenvalue weighted by Gasteiger charge is -2.12. The van der Waals surface area contributed by atoms with Crippen molar-refractivity contribution < 1.29 is 14.3 Å². The second-order valence-electron chi connectivity index (χ2n) is 5.55. The Bertz CT molecular complexity index is 439. The van der Waals surface area contributed by atoms with Gasteiger partial charge in [-0.2, -0.15) is 0 Å². The topological polar surface area (TPSA) is 59.6 Å². The van der Waals surface area contributed by atoms with Gasteiger partial charge >= 0.3 is 0 Å². The maximum Gasteiger partial charge on any atom is 0.238 e. The number of amides is 1. The summed E-state index contributed by atoms with van der Waals surface area (Å²) in [5.41, 5.74) is 0.773. The van der Waals surface area contributed by atoms with Crippen LogP contribution in [0.2, 0.25) is 0 Å². The van der Waals surface area contributed by atoms with Gasteiger partial charge in [-0.1, -0.05) is 13.8 Å². The highest BCUT2D eigenvalue weighted by molar-refractivity contribution is 5.92. The van der Waals surface area contributed by atoms with Gasteiger partial charge in [0.1, 0.15) is 12.4 Å². The highest BCUT2D eigenvalue weighted by Gasteiger charge is 2.15. The third-order valence-electron chi connectivity index (χ3n) is 3.27. The summed E-state index contributed by atoms with van der Waals surface area (Å²) in [5, 5.41) is 5.92. The van der Waals surface area contributed by atoms with Gasteiger partial charge in [-0.15, -0.1) is 0 Å². The first kappa shape index (κ1) is 15.8. The van der Waals surface area contributed by atoms with Crippen LogP contribution in [0.3, 0.4) is 0 Å². The fourth-order valence-electron chi connectivity index (χ4n) is 2.10. The number of nitrogens with one attached hydrogen (secondary N) is 2. The second kappa shape index (κ2) is 8.00. The Morgan fingerprint density at radius 1 is 1.38 bits per heavy atom. The summed E-state index contributed by atoms with van der Waals surface area (Å²) < 4.78 is 11.2. The molecule has 116 valence electrons. The minimum Gasteiger partial charge on any atom is -0.491 e. The fourth-order valence-corrected chi connectivity index (χ4v) is 2.10. The average molecular weight is 292 g/mol. The van der Waals surface area contributed by atoms with E-state index in [0.29, 0.717) is 19.2 Å². The van der Waals surface area contributed by atoms with Crippen molar-refractivity contribution in [1.29, 1.82) is 0 Å². The number of carbonyl (C=O) groups excluding carboxylic acids is 1. The molecule has 21 heavy (non-hydrogen) atoms. The second-order valence-corrected chi connectivity index (χ2v) is 5.55. The average Bonchev–Trinajstić information content (AvgIpc) is 2.98. The largest absolute Gasteiger partial charge is 0.491 e. The van der Waals surface area contributed by atoms with Crippen LogP contribution in [-0.2, 0) is 9.53 Å². The van der Waals surface area contributed by atoms with E-state index in [0.717, 1.165) is 30.9 Å². The summed E-state index contributed by atoms with van der Waals surface area (Å²) in [6, 6.07) is 7.71. The summed E-state index contributed by atoms with van der Waals surface area (Å²) >= 11 is 0. The number of hydrogen-bond donors (Lipinski definition) is 2. The van der Waals surface area contributed by atoms with Crippen molar-refractivity contribution in [2.45, 2.75) is 38.8 Å². The Morgan fingerprint density at radius 3 is 2.76 bits per heavy atom. The monoisotopic (exact) mass is 292 g/mol. The maximum absolute atomic E-state index is 11.7. The summed E-state index contributed by atoms with van der Waals surface area (Å²) in [7, 11) is 0. The minimum atomic E-state index is -0.0447. The van der Waals surface area contributed by atoms with E-state index < -0.39 is 0 Å². The van der Waals surface area contributed by atoms with Gasteiger partial charge in [0.2, 0.25) is 5.91 Å². The third-order valence-corrected chi connectivity index (χ3v) is 3.27.